The fourth-order valence-corrected chi connectivity index (χ4v) is 2.37. The van der Waals surface area contributed by atoms with Crippen molar-refractivity contribution in [2.75, 3.05) is 13.6 Å². The van der Waals surface area contributed by atoms with Crippen LogP contribution in [-0.2, 0) is 9.32 Å². The first-order valence-electron chi connectivity index (χ1n) is 4.34. The maximum atomic E-state index is 11.4. The average molecular weight is 222 g/mol. The van der Waals surface area contributed by atoms with Crippen LogP contribution >= 0.6 is 17.4 Å². The number of carbonyl (C=O) groups excluding carboxylic acids is 1. The summed E-state index contributed by atoms with van der Waals surface area (Å²) in [6.07, 6.45) is 1.96. The van der Waals surface area contributed by atoms with Gasteiger partial charge >= 0.3 is 0 Å². The zero-order valence-corrected chi connectivity index (χ0v) is 9.82. The summed E-state index contributed by atoms with van der Waals surface area (Å²) in [7, 11) is 4.77. The van der Waals surface area contributed by atoms with Crippen molar-refractivity contribution in [2.45, 2.75) is 25.0 Å². The Labute approximate surface area is 82.5 Å². The van der Waals surface area contributed by atoms with E-state index in [4.69, 9.17) is 4.52 Å². The highest BCUT2D eigenvalue weighted by Gasteiger charge is 2.23. The van der Waals surface area contributed by atoms with Crippen LogP contribution in [0.4, 0.5) is 0 Å². The summed E-state index contributed by atoms with van der Waals surface area (Å²) >= 11 is 0. The van der Waals surface area contributed by atoms with Gasteiger partial charge in [0, 0.05) is 15.0 Å². The molecule has 0 spiro atoms. The number of rotatable bonds is 3. The summed E-state index contributed by atoms with van der Waals surface area (Å²) in [5.74, 6) is 0.0840. The summed E-state index contributed by atoms with van der Waals surface area (Å²) in [5, 5.41) is 5.83. The molecule has 1 fully saturated rings. The Kier molecular flexibility index (Phi) is 5.12. The van der Waals surface area contributed by atoms with Crippen LogP contribution in [0.3, 0.4) is 0 Å². The third-order valence-electron chi connectivity index (χ3n) is 2.18. The van der Waals surface area contributed by atoms with Crippen LogP contribution in [0.25, 0.3) is 0 Å². The summed E-state index contributed by atoms with van der Waals surface area (Å²) in [5.41, 5.74) is 0. The summed E-state index contributed by atoms with van der Waals surface area (Å²) in [4.78, 5) is 11.4. The van der Waals surface area contributed by atoms with Crippen LogP contribution < -0.4 is 10.6 Å². The van der Waals surface area contributed by atoms with Crippen molar-refractivity contribution >= 4 is 23.3 Å². The van der Waals surface area contributed by atoms with Crippen LogP contribution in [0.1, 0.15) is 12.8 Å². The van der Waals surface area contributed by atoms with Gasteiger partial charge in [-0.1, -0.05) is 8.93 Å². The molecule has 1 aliphatic heterocycles. The number of likely N-dealkylation sites (N-methyl/N-ethyl adjacent to an activating group) is 1. The van der Waals surface area contributed by atoms with Gasteiger partial charge in [-0.25, -0.2) is 0 Å². The third kappa shape index (κ3) is 3.47. The Morgan fingerprint density at radius 1 is 1.69 bits per heavy atom. The van der Waals surface area contributed by atoms with Gasteiger partial charge in [0.05, 0.1) is 12.1 Å². The molecule has 0 aromatic carbocycles. The summed E-state index contributed by atoms with van der Waals surface area (Å²) in [6, 6.07) is -0.0542. The predicted octanol–water partition coefficient (Wildman–Crippen LogP) is 0.253. The molecule has 1 saturated heterocycles. The van der Waals surface area contributed by atoms with Crippen molar-refractivity contribution in [3.8, 4) is 0 Å². The zero-order valence-electron chi connectivity index (χ0n) is 7.67. The standard InChI is InChI=1S/C7H16N2O2P2/c1-8-6-3-2-5(11-13-12)4-9-7(6)10/h5-6,8,13H,2-4,12H2,1H3,(H,9,10). The lowest BCUT2D eigenvalue weighted by molar-refractivity contribution is -0.122. The lowest BCUT2D eigenvalue weighted by Crippen LogP contribution is -2.41. The largest absolute Gasteiger partial charge is 0.353 e. The van der Waals surface area contributed by atoms with E-state index in [1.54, 1.807) is 0 Å². The number of carbonyl (C=O) groups is 1. The Bertz CT molecular complexity index is 180. The monoisotopic (exact) mass is 222 g/mol. The molecule has 4 atom stereocenters. The molecule has 6 heteroatoms. The number of amides is 1. The first kappa shape index (κ1) is 11.3. The zero-order chi connectivity index (χ0) is 9.68. The first-order chi connectivity index (χ1) is 6.27. The van der Waals surface area contributed by atoms with Crippen molar-refractivity contribution in [3.05, 3.63) is 0 Å². The molecule has 0 bridgehead atoms. The molecule has 13 heavy (non-hydrogen) atoms. The van der Waals surface area contributed by atoms with Crippen LogP contribution in [0.2, 0.25) is 0 Å². The molecule has 0 aromatic heterocycles. The Morgan fingerprint density at radius 3 is 3.08 bits per heavy atom. The Hall–Kier alpha value is 0.250. The minimum Gasteiger partial charge on any atom is -0.353 e. The molecule has 1 heterocycles. The van der Waals surface area contributed by atoms with Gasteiger partial charge in [0.1, 0.15) is 0 Å². The van der Waals surface area contributed by atoms with Gasteiger partial charge in [-0.2, -0.15) is 0 Å². The highest BCUT2D eigenvalue weighted by atomic mass is 32.0. The van der Waals surface area contributed by atoms with Gasteiger partial charge in [-0.3, -0.25) is 4.79 Å². The molecule has 0 aromatic rings. The average Bonchev–Trinajstić information content (AvgIpc) is 2.30. The molecule has 4 unspecified atom stereocenters. The van der Waals surface area contributed by atoms with E-state index in [1.807, 2.05) is 7.05 Å². The lowest BCUT2D eigenvalue weighted by Gasteiger charge is -2.12. The van der Waals surface area contributed by atoms with Crippen molar-refractivity contribution in [3.63, 3.8) is 0 Å². The molecular formula is C7H16N2O2P2. The quantitative estimate of drug-likeness (QED) is 0.673. The van der Waals surface area contributed by atoms with Gasteiger partial charge in [0.2, 0.25) is 5.91 Å². The first-order valence-corrected chi connectivity index (χ1v) is 7.06. The second kappa shape index (κ2) is 5.87. The second-order valence-electron chi connectivity index (χ2n) is 3.02. The molecule has 1 aliphatic rings. The van der Waals surface area contributed by atoms with E-state index >= 15 is 0 Å². The Balaban J connectivity index is 2.41. The summed E-state index contributed by atoms with van der Waals surface area (Å²) < 4.78 is 5.45. The van der Waals surface area contributed by atoms with Crippen LogP contribution in [0.5, 0.6) is 0 Å². The second-order valence-corrected chi connectivity index (χ2v) is 4.20. The molecule has 76 valence electrons. The summed E-state index contributed by atoms with van der Waals surface area (Å²) in [6.45, 7) is 0.637. The van der Waals surface area contributed by atoms with Crippen molar-refractivity contribution in [2.24, 2.45) is 0 Å². The van der Waals surface area contributed by atoms with Crippen LogP contribution in [0, 0.1) is 0 Å². The fourth-order valence-electron chi connectivity index (χ4n) is 1.40. The molecular weight excluding hydrogens is 206 g/mol. The van der Waals surface area contributed by atoms with Crippen molar-refractivity contribution < 1.29 is 9.32 Å². The van der Waals surface area contributed by atoms with E-state index in [0.717, 1.165) is 12.8 Å². The fraction of sp³-hybridized carbons (Fsp3) is 0.857. The number of hydrogen-bond acceptors (Lipinski definition) is 3. The van der Waals surface area contributed by atoms with Gasteiger partial charge in [-0.05, 0) is 19.9 Å². The van der Waals surface area contributed by atoms with Crippen LogP contribution in [-0.4, -0.2) is 31.6 Å². The maximum Gasteiger partial charge on any atom is 0.237 e. The molecule has 4 nitrogen and oxygen atoms in total. The van der Waals surface area contributed by atoms with E-state index in [0.29, 0.717) is 15.0 Å². The molecule has 1 amide bonds. The lowest BCUT2D eigenvalue weighted by atomic mass is 10.1. The highest BCUT2D eigenvalue weighted by Crippen LogP contribution is 2.26. The minimum atomic E-state index is -0.0542. The molecule has 0 aliphatic carbocycles. The van der Waals surface area contributed by atoms with Gasteiger partial charge < -0.3 is 15.2 Å². The topological polar surface area (TPSA) is 50.4 Å². The van der Waals surface area contributed by atoms with E-state index in [-0.39, 0.29) is 18.1 Å². The van der Waals surface area contributed by atoms with E-state index < -0.39 is 0 Å². The van der Waals surface area contributed by atoms with Crippen LogP contribution in [0.15, 0.2) is 0 Å². The maximum absolute atomic E-state index is 11.4. The molecule has 2 N–H and O–H groups in total. The van der Waals surface area contributed by atoms with Crippen molar-refractivity contribution in [1.82, 2.24) is 10.6 Å². The molecule has 1 rings (SSSR count). The molecule has 0 saturated carbocycles. The highest BCUT2D eigenvalue weighted by molar-refractivity contribution is 8.00. The predicted molar refractivity (Wildman–Crippen MR) is 58.0 cm³/mol. The van der Waals surface area contributed by atoms with Crippen molar-refractivity contribution in [1.29, 1.82) is 0 Å². The normalized spacial score (nSPS) is 30.5. The number of nitrogens with one attached hydrogen (secondary N) is 2. The van der Waals surface area contributed by atoms with E-state index in [2.05, 4.69) is 19.6 Å². The molecule has 0 radical (unpaired) electrons. The third-order valence-corrected chi connectivity index (χ3v) is 3.06. The smallest absolute Gasteiger partial charge is 0.237 e. The van der Waals surface area contributed by atoms with Gasteiger partial charge in [-0.15, -0.1) is 0 Å². The van der Waals surface area contributed by atoms with Gasteiger partial charge in [0.15, 0.2) is 0 Å². The Morgan fingerprint density at radius 2 is 2.46 bits per heavy atom. The van der Waals surface area contributed by atoms with E-state index in [9.17, 15) is 4.79 Å². The number of hydrogen-bond donors (Lipinski definition) is 2. The van der Waals surface area contributed by atoms with Gasteiger partial charge in [0.25, 0.3) is 0 Å². The SMILES string of the molecule is CNC1CCC(OPP)CNC1=O. The minimum absolute atomic E-state index is 0.0542. The van der Waals surface area contributed by atoms with E-state index in [1.165, 1.54) is 0 Å².